The normalized spacial score (nSPS) is 10.2. The molecule has 6 nitrogen and oxygen atoms in total. The highest BCUT2D eigenvalue weighted by molar-refractivity contribution is 6.31. The fourth-order valence-corrected chi connectivity index (χ4v) is 1.73. The molecule has 0 aliphatic carbocycles. The zero-order chi connectivity index (χ0) is 15.7. The summed E-state index contributed by atoms with van der Waals surface area (Å²) in [7, 11) is 0. The van der Waals surface area contributed by atoms with Crippen molar-refractivity contribution in [1.82, 2.24) is 5.32 Å². The quantitative estimate of drug-likeness (QED) is 0.644. The lowest BCUT2D eigenvalue weighted by molar-refractivity contribution is 0.0698. The summed E-state index contributed by atoms with van der Waals surface area (Å²) in [5.41, 5.74) is 0.133. The van der Waals surface area contributed by atoms with Crippen molar-refractivity contribution in [2.24, 2.45) is 0 Å². The number of halogens is 1. The molecule has 0 aliphatic rings. The minimum atomic E-state index is -1.13. The van der Waals surface area contributed by atoms with E-state index < -0.39 is 12.0 Å². The third kappa shape index (κ3) is 6.46. The van der Waals surface area contributed by atoms with Crippen LogP contribution in [0, 0.1) is 0 Å². The first kappa shape index (κ1) is 17.3. The van der Waals surface area contributed by atoms with E-state index in [4.69, 9.17) is 21.4 Å². The van der Waals surface area contributed by atoms with E-state index in [1.165, 1.54) is 18.2 Å². The van der Waals surface area contributed by atoms with Gasteiger partial charge < -0.3 is 20.5 Å². The Hall–Kier alpha value is -1.79. The summed E-state index contributed by atoms with van der Waals surface area (Å²) < 4.78 is 5.30. The van der Waals surface area contributed by atoms with Crippen molar-refractivity contribution in [1.29, 1.82) is 0 Å². The number of aromatic carboxylic acids is 1. The molecule has 1 aromatic rings. The van der Waals surface area contributed by atoms with Gasteiger partial charge in [0.05, 0.1) is 17.9 Å². The maximum Gasteiger partial charge on any atom is 0.337 e. The summed E-state index contributed by atoms with van der Waals surface area (Å²) >= 11 is 5.80. The summed E-state index contributed by atoms with van der Waals surface area (Å²) in [5, 5.41) is 14.4. The van der Waals surface area contributed by atoms with Gasteiger partial charge in [-0.25, -0.2) is 9.59 Å². The first-order valence-electron chi connectivity index (χ1n) is 6.70. The third-order valence-electron chi connectivity index (χ3n) is 2.63. The molecule has 1 aromatic carbocycles. The highest BCUT2D eigenvalue weighted by atomic mass is 35.5. The molecule has 0 atom stereocenters. The number of rotatable bonds is 8. The highest BCUT2D eigenvalue weighted by Crippen LogP contribution is 2.21. The smallest absolute Gasteiger partial charge is 0.337 e. The predicted molar refractivity (Wildman–Crippen MR) is 81.2 cm³/mol. The number of hydrogen-bond acceptors (Lipinski definition) is 3. The van der Waals surface area contributed by atoms with Gasteiger partial charge in [0.1, 0.15) is 0 Å². The van der Waals surface area contributed by atoms with Crippen molar-refractivity contribution in [2.75, 3.05) is 25.1 Å². The fraction of sp³-hybridized carbons (Fsp3) is 0.429. The summed E-state index contributed by atoms with van der Waals surface area (Å²) in [6.07, 6.45) is 2.04. The number of ether oxygens (including phenoxy) is 1. The van der Waals surface area contributed by atoms with Gasteiger partial charge in [0, 0.05) is 18.2 Å². The molecule has 0 fully saturated rings. The number of benzene rings is 1. The number of amides is 2. The molecular formula is C14H19ClN2O4. The van der Waals surface area contributed by atoms with Crippen LogP contribution in [0.2, 0.25) is 5.02 Å². The Morgan fingerprint density at radius 2 is 2.10 bits per heavy atom. The van der Waals surface area contributed by atoms with E-state index >= 15 is 0 Å². The fourth-order valence-electron chi connectivity index (χ4n) is 1.56. The molecule has 116 valence electrons. The van der Waals surface area contributed by atoms with Crippen molar-refractivity contribution < 1.29 is 19.4 Å². The minimum Gasteiger partial charge on any atom is -0.478 e. The van der Waals surface area contributed by atoms with Crippen LogP contribution < -0.4 is 10.6 Å². The van der Waals surface area contributed by atoms with Crippen molar-refractivity contribution >= 4 is 29.3 Å². The number of unbranched alkanes of at least 4 members (excludes halogenated alkanes) is 1. The van der Waals surface area contributed by atoms with Crippen molar-refractivity contribution in [2.45, 2.75) is 19.8 Å². The maximum absolute atomic E-state index is 11.7. The zero-order valence-electron chi connectivity index (χ0n) is 11.8. The van der Waals surface area contributed by atoms with E-state index in [0.717, 1.165) is 12.8 Å². The number of hydrogen-bond donors (Lipinski definition) is 3. The molecule has 1 rings (SSSR count). The van der Waals surface area contributed by atoms with Gasteiger partial charge in [-0.15, -0.1) is 0 Å². The van der Waals surface area contributed by atoms with Crippen molar-refractivity contribution in [3.63, 3.8) is 0 Å². The Morgan fingerprint density at radius 3 is 2.76 bits per heavy atom. The molecule has 0 aliphatic heterocycles. The molecule has 0 spiro atoms. The third-order valence-corrected chi connectivity index (χ3v) is 2.87. The predicted octanol–water partition coefficient (Wildman–Crippen LogP) is 2.98. The van der Waals surface area contributed by atoms with Gasteiger partial charge in [0.2, 0.25) is 0 Å². The van der Waals surface area contributed by atoms with E-state index in [2.05, 4.69) is 17.6 Å². The lowest BCUT2D eigenvalue weighted by Crippen LogP contribution is -2.32. The summed E-state index contributed by atoms with van der Waals surface area (Å²) in [4.78, 5) is 22.7. The molecule has 0 unspecified atom stereocenters. The first-order chi connectivity index (χ1) is 10.0. The first-order valence-corrected chi connectivity index (χ1v) is 7.07. The summed E-state index contributed by atoms with van der Waals surface area (Å²) in [6.45, 7) is 3.49. The van der Waals surface area contributed by atoms with E-state index in [-0.39, 0.29) is 11.3 Å². The Balaban J connectivity index is 2.44. The SMILES string of the molecule is CCCCOCCNC(=O)Nc1cc(Cl)ccc1C(=O)O. The van der Waals surface area contributed by atoms with Crippen LogP contribution in [0.1, 0.15) is 30.1 Å². The lowest BCUT2D eigenvalue weighted by atomic mass is 10.2. The molecule has 0 aromatic heterocycles. The number of nitrogens with one attached hydrogen (secondary N) is 2. The van der Waals surface area contributed by atoms with E-state index in [9.17, 15) is 9.59 Å². The topological polar surface area (TPSA) is 87.7 Å². The Morgan fingerprint density at radius 1 is 1.33 bits per heavy atom. The molecule has 0 saturated carbocycles. The number of anilines is 1. The van der Waals surface area contributed by atoms with Gasteiger partial charge in [-0.05, 0) is 24.6 Å². The Kier molecular flexibility index (Phi) is 7.56. The zero-order valence-corrected chi connectivity index (χ0v) is 12.6. The van der Waals surface area contributed by atoms with Crippen LogP contribution in [0.3, 0.4) is 0 Å². The second-order valence-electron chi connectivity index (χ2n) is 4.34. The number of carboxylic acid groups (broad SMARTS) is 1. The molecule has 0 bridgehead atoms. The maximum atomic E-state index is 11.7. The highest BCUT2D eigenvalue weighted by Gasteiger charge is 2.12. The summed E-state index contributed by atoms with van der Waals surface area (Å²) in [5.74, 6) is -1.13. The van der Waals surface area contributed by atoms with Crippen LogP contribution in [0.5, 0.6) is 0 Å². The average Bonchev–Trinajstić information content (AvgIpc) is 2.42. The average molecular weight is 315 g/mol. The molecule has 0 saturated heterocycles. The molecule has 3 N–H and O–H groups in total. The van der Waals surface area contributed by atoms with Crippen molar-refractivity contribution in [3.05, 3.63) is 28.8 Å². The second-order valence-corrected chi connectivity index (χ2v) is 4.78. The van der Waals surface area contributed by atoms with Gasteiger partial charge in [0.15, 0.2) is 0 Å². The molecule has 2 amide bonds. The van der Waals surface area contributed by atoms with Gasteiger partial charge in [0.25, 0.3) is 0 Å². The van der Waals surface area contributed by atoms with Crippen LogP contribution in [0.15, 0.2) is 18.2 Å². The van der Waals surface area contributed by atoms with Gasteiger partial charge in [-0.1, -0.05) is 24.9 Å². The number of carboxylic acids is 1. The van der Waals surface area contributed by atoms with Crippen LogP contribution in [0.25, 0.3) is 0 Å². The molecular weight excluding hydrogens is 296 g/mol. The monoisotopic (exact) mass is 314 g/mol. The minimum absolute atomic E-state index is 0.0197. The Labute approximate surface area is 128 Å². The van der Waals surface area contributed by atoms with E-state index in [1.54, 1.807) is 0 Å². The van der Waals surface area contributed by atoms with E-state index in [1.807, 2.05) is 0 Å². The van der Waals surface area contributed by atoms with Gasteiger partial charge in [-0.3, -0.25) is 0 Å². The number of carbonyl (C=O) groups excluding carboxylic acids is 1. The largest absolute Gasteiger partial charge is 0.478 e. The van der Waals surface area contributed by atoms with Crippen LogP contribution in [0.4, 0.5) is 10.5 Å². The molecule has 7 heteroatoms. The van der Waals surface area contributed by atoms with Crippen LogP contribution in [-0.2, 0) is 4.74 Å². The van der Waals surface area contributed by atoms with Gasteiger partial charge in [-0.2, -0.15) is 0 Å². The molecule has 21 heavy (non-hydrogen) atoms. The Bertz CT molecular complexity index is 494. The lowest BCUT2D eigenvalue weighted by Gasteiger charge is -2.10. The number of carbonyl (C=O) groups is 2. The van der Waals surface area contributed by atoms with E-state index in [0.29, 0.717) is 24.8 Å². The number of urea groups is 1. The second kappa shape index (κ2) is 9.20. The molecule has 0 heterocycles. The summed E-state index contributed by atoms with van der Waals surface area (Å²) in [6, 6.07) is 3.69. The molecule has 0 radical (unpaired) electrons. The van der Waals surface area contributed by atoms with Gasteiger partial charge >= 0.3 is 12.0 Å². The van der Waals surface area contributed by atoms with Crippen LogP contribution >= 0.6 is 11.6 Å². The standard InChI is InChI=1S/C14H19ClN2O4/c1-2-3-7-21-8-6-16-14(20)17-12-9-10(15)4-5-11(12)13(18)19/h4-5,9H,2-3,6-8H2,1H3,(H,18,19)(H2,16,17,20). The van der Waals surface area contributed by atoms with Crippen molar-refractivity contribution in [3.8, 4) is 0 Å². The van der Waals surface area contributed by atoms with Crippen LogP contribution in [-0.4, -0.2) is 36.9 Å².